The van der Waals surface area contributed by atoms with Gasteiger partial charge in [0.1, 0.15) is 5.75 Å². The number of hydrogen-bond acceptors (Lipinski definition) is 4. The first-order valence-electron chi connectivity index (χ1n) is 12.2. The highest BCUT2D eigenvalue weighted by molar-refractivity contribution is 6.16. The zero-order chi connectivity index (χ0) is 24.2. The van der Waals surface area contributed by atoms with E-state index in [1.807, 2.05) is 71.6 Å². The topological polar surface area (TPSA) is 60.2 Å². The number of imidazole rings is 1. The van der Waals surface area contributed by atoms with Gasteiger partial charge in [-0.1, -0.05) is 42.5 Å². The van der Waals surface area contributed by atoms with Crippen LogP contribution in [0.5, 0.6) is 5.75 Å². The van der Waals surface area contributed by atoms with Crippen molar-refractivity contribution in [1.29, 1.82) is 0 Å². The molecule has 0 unspecified atom stereocenters. The van der Waals surface area contributed by atoms with Gasteiger partial charge in [0.15, 0.2) is 0 Å². The second kappa shape index (κ2) is 8.05. The van der Waals surface area contributed by atoms with Gasteiger partial charge in [-0.25, -0.2) is 9.97 Å². The Kier molecular flexibility index (Phi) is 4.67. The van der Waals surface area contributed by atoms with Gasteiger partial charge in [0.2, 0.25) is 5.95 Å². The van der Waals surface area contributed by atoms with Gasteiger partial charge in [-0.05, 0) is 65.9 Å². The summed E-state index contributed by atoms with van der Waals surface area (Å²) in [5, 5.41) is 0.904. The second-order valence-corrected chi connectivity index (χ2v) is 9.28. The number of para-hydroxylation sites is 3. The number of allylic oxidation sites excluding steroid dienone is 1. The Morgan fingerprint density at radius 1 is 0.889 bits per heavy atom. The van der Waals surface area contributed by atoms with Gasteiger partial charge < -0.3 is 9.30 Å². The van der Waals surface area contributed by atoms with E-state index in [4.69, 9.17) is 14.7 Å². The number of rotatable bonds is 3. The Hall–Kier alpha value is -4.45. The van der Waals surface area contributed by atoms with E-state index in [1.165, 1.54) is 0 Å². The number of anilines is 1. The minimum Gasteiger partial charge on any atom is -0.497 e. The van der Waals surface area contributed by atoms with Crippen LogP contribution in [0.2, 0.25) is 0 Å². The highest BCUT2D eigenvalue weighted by atomic mass is 16.5. The average molecular weight is 473 g/mol. The molecule has 1 aliphatic heterocycles. The molecule has 6 heteroatoms. The first-order valence-corrected chi connectivity index (χ1v) is 12.2. The number of pyridine rings is 1. The number of hydrogen-bond donors (Lipinski definition) is 0. The van der Waals surface area contributed by atoms with E-state index in [2.05, 4.69) is 16.7 Å². The number of amides is 1. The maximum atomic E-state index is 14.2. The standard InChI is InChI=1S/C30H24N4O2/c1-36-21-13-10-19(11-14-21)18-20-12-15-23-27(22-6-2-3-7-24(22)31-28(20)23)29(35)34-17-16-33-26-9-5-4-8-25(26)32-30(33)34/h2-11,13-14,18H,12,15-17H2,1H3/b20-18-. The Labute approximate surface area is 208 Å². The molecule has 1 amide bonds. The summed E-state index contributed by atoms with van der Waals surface area (Å²) in [7, 11) is 1.67. The molecule has 36 heavy (non-hydrogen) atoms. The molecule has 0 bridgehead atoms. The predicted molar refractivity (Wildman–Crippen MR) is 142 cm³/mol. The normalized spacial score (nSPS) is 15.6. The van der Waals surface area contributed by atoms with Crippen LogP contribution in [-0.2, 0) is 13.0 Å². The van der Waals surface area contributed by atoms with Crippen LogP contribution in [0, 0.1) is 0 Å². The number of nitrogens with zero attached hydrogens (tertiary/aromatic N) is 4. The number of benzene rings is 3. The molecule has 2 aromatic heterocycles. The molecule has 176 valence electrons. The van der Waals surface area contributed by atoms with Crippen molar-refractivity contribution in [1.82, 2.24) is 14.5 Å². The fraction of sp³-hybridized carbons (Fsp3) is 0.167. The highest BCUT2D eigenvalue weighted by Crippen LogP contribution is 2.39. The molecular formula is C30H24N4O2. The zero-order valence-corrected chi connectivity index (χ0v) is 19.9. The highest BCUT2D eigenvalue weighted by Gasteiger charge is 2.34. The van der Waals surface area contributed by atoms with Crippen LogP contribution < -0.4 is 9.64 Å². The third-order valence-corrected chi connectivity index (χ3v) is 7.28. The van der Waals surface area contributed by atoms with Crippen molar-refractivity contribution in [2.24, 2.45) is 0 Å². The number of ether oxygens (including phenoxy) is 1. The molecule has 1 aliphatic carbocycles. The lowest BCUT2D eigenvalue weighted by Gasteiger charge is -2.18. The van der Waals surface area contributed by atoms with E-state index in [0.717, 1.165) is 81.0 Å². The molecule has 0 saturated heterocycles. The van der Waals surface area contributed by atoms with Crippen LogP contribution in [0.15, 0.2) is 72.8 Å². The van der Waals surface area contributed by atoms with E-state index < -0.39 is 0 Å². The minimum absolute atomic E-state index is 0.00426. The molecular weight excluding hydrogens is 448 g/mol. The average Bonchev–Trinajstić information content (AvgIpc) is 3.61. The maximum Gasteiger partial charge on any atom is 0.261 e. The molecule has 5 aromatic rings. The Balaban J connectivity index is 1.36. The van der Waals surface area contributed by atoms with E-state index >= 15 is 0 Å². The lowest BCUT2D eigenvalue weighted by atomic mass is 9.99. The van der Waals surface area contributed by atoms with Crippen LogP contribution >= 0.6 is 0 Å². The van der Waals surface area contributed by atoms with Gasteiger partial charge in [0.05, 0.1) is 34.9 Å². The number of fused-ring (bicyclic) bond motifs is 5. The third-order valence-electron chi connectivity index (χ3n) is 7.28. The van der Waals surface area contributed by atoms with Gasteiger partial charge in [-0.15, -0.1) is 0 Å². The molecule has 6 nitrogen and oxygen atoms in total. The van der Waals surface area contributed by atoms with Gasteiger partial charge in [0.25, 0.3) is 5.91 Å². The van der Waals surface area contributed by atoms with E-state index in [-0.39, 0.29) is 5.91 Å². The molecule has 2 aliphatic rings. The van der Waals surface area contributed by atoms with Crippen molar-refractivity contribution in [3.05, 3.63) is 95.2 Å². The van der Waals surface area contributed by atoms with Crippen LogP contribution in [0.4, 0.5) is 5.95 Å². The fourth-order valence-corrected chi connectivity index (χ4v) is 5.54. The Morgan fingerprint density at radius 2 is 1.67 bits per heavy atom. The molecule has 0 spiro atoms. The van der Waals surface area contributed by atoms with Crippen molar-refractivity contribution >= 4 is 45.4 Å². The van der Waals surface area contributed by atoms with E-state index in [0.29, 0.717) is 6.54 Å². The molecule has 7 rings (SSSR count). The minimum atomic E-state index is 0.00426. The van der Waals surface area contributed by atoms with Crippen molar-refractivity contribution in [3.8, 4) is 5.75 Å². The SMILES string of the molecule is COc1ccc(/C=C2/CCc3c2nc2ccccc2c3C(=O)N2CCn3c2nc2ccccc23)cc1. The van der Waals surface area contributed by atoms with Gasteiger partial charge >= 0.3 is 0 Å². The van der Waals surface area contributed by atoms with Crippen molar-refractivity contribution in [3.63, 3.8) is 0 Å². The summed E-state index contributed by atoms with van der Waals surface area (Å²) >= 11 is 0. The molecule has 3 aromatic carbocycles. The summed E-state index contributed by atoms with van der Waals surface area (Å²) in [5.41, 5.74) is 7.80. The molecule has 0 atom stereocenters. The van der Waals surface area contributed by atoms with Crippen LogP contribution in [-0.4, -0.2) is 34.1 Å². The summed E-state index contributed by atoms with van der Waals surface area (Å²) in [5.74, 6) is 1.56. The maximum absolute atomic E-state index is 14.2. The van der Waals surface area contributed by atoms with Crippen LogP contribution in [0.25, 0.3) is 33.6 Å². The number of carbonyl (C=O) groups is 1. The van der Waals surface area contributed by atoms with Gasteiger partial charge in [-0.2, -0.15) is 0 Å². The van der Waals surface area contributed by atoms with E-state index in [1.54, 1.807) is 7.11 Å². The summed E-state index contributed by atoms with van der Waals surface area (Å²) in [6, 6.07) is 24.1. The molecule has 0 saturated carbocycles. The molecule has 0 radical (unpaired) electrons. The number of carbonyl (C=O) groups excluding carboxylic acids is 1. The monoisotopic (exact) mass is 472 g/mol. The van der Waals surface area contributed by atoms with Crippen molar-refractivity contribution in [2.45, 2.75) is 19.4 Å². The Bertz CT molecular complexity index is 1700. The summed E-state index contributed by atoms with van der Waals surface area (Å²) in [6.07, 6.45) is 3.82. The number of aromatic nitrogens is 3. The summed E-state index contributed by atoms with van der Waals surface area (Å²) in [6.45, 7) is 1.36. The number of methoxy groups -OCH3 is 1. The van der Waals surface area contributed by atoms with E-state index in [9.17, 15) is 4.79 Å². The fourth-order valence-electron chi connectivity index (χ4n) is 5.54. The van der Waals surface area contributed by atoms with Crippen molar-refractivity contribution < 1.29 is 9.53 Å². The van der Waals surface area contributed by atoms with Crippen LogP contribution in [0.3, 0.4) is 0 Å². The summed E-state index contributed by atoms with van der Waals surface area (Å²) in [4.78, 5) is 25.9. The van der Waals surface area contributed by atoms with Crippen LogP contribution in [0.1, 0.15) is 33.6 Å². The van der Waals surface area contributed by atoms with Gasteiger partial charge in [0, 0.05) is 18.5 Å². The lowest BCUT2D eigenvalue weighted by molar-refractivity contribution is 0.0989. The first kappa shape index (κ1) is 20.9. The molecule has 0 fully saturated rings. The zero-order valence-electron chi connectivity index (χ0n) is 19.9. The quantitative estimate of drug-likeness (QED) is 0.336. The molecule has 0 N–H and O–H groups in total. The largest absolute Gasteiger partial charge is 0.497 e. The van der Waals surface area contributed by atoms with Crippen molar-refractivity contribution in [2.75, 3.05) is 18.6 Å². The first-order chi connectivity index (χ1) is 17.7. The second-order valence-electron chi connectivity index (χ2n) is 9.28. The predicted octanol–water partition coefficient (Wildman–Crippen LogP) is 5.74. The Morgan fingerprint density at radius 3 is 2.50 bits per heavy atom. The third kappa shape index (κ3) is 3.14. The summed E-state index contributed by atoms with van der Waals surface area (Å²) < 4.78 is 7.44. The van der Waals surface area contributed by atoms with Gasteiger partial charge in [-0.3, -0.25) is 9.69 Å². The molecule has 3 heterocycles. The smallest absolute Gasteiger partial charge is 0.261 e. The lowest BCUT2D eigenvalue weighted by Crippen LogP contribution is -2.30.